The first-order valence-corrected chi connectivity index (χ1v) is 8.86. The van der Waals surface area contributed by atoms with Gasteiger partial charge in [0.15, 0.2) is 0 Å². The van der Waals surface area contributed by atoms with Crippen LogP contribution in [0, 0.1) is 0 Å². The fraction of sp³-hybridized carbons (Fsp3) is 0.350. The summed E-state index contributed by atoms with van der Waals surface area (Å²) >= 11 is 3.48. The van der Waals surface area contributed by atoms with E-state index < -0.39 is 5.97 Å². The third-order valence-corrected chi connectivity index (χ3v) is 4.01. The highest BCUT2D eigenvalue weighted by Crippen LogP contribution is 2.34. The molecular formula is C20H23BrO3. The van der Waals surface area contributed by atoms with E-state index in [-0.39, 0.29) is 5.41 Å². The van der Waals surface area contributed by atoms with Crippen LogP contribution in [0.5, 0.6) is 11.5 Å². The van der Waals surface area contributed by atoms with E-state index >= 15 is 0 Å². The maximum Gasteiger partial charge on any atom is 0.347 e. The number of esters is 1. The molecule has 128 valence electrons. The molecule has 0 aliphatic rings. The Balaban J connectivity index is 2.31. The van der Waals surface area contributed by atoms with Crippen LogP contribution in [0.3, 0.4) is 0 Å². The molecule has 0 amide bonds. The van der Waals surface area contributed by atoms with Crippen molar-refractivity contribution in [1.82, 2.24) is 0 Å². The van der Waals surface area contributed by atoms with Gasteiger partial charge in [0.25, 0.3) is 0 Å². The van der Waals surface area contributed by atoms with Crippen molar-refractivity contribution in [2.75, 3.05) is 6.61 Å². The van der Waals surface area contributed by atoms with Crippen LogP contribution in [0.25, 0.3) is 0 Å². The summed E-state index contributed by atoms with van der Waals surface area (Å²) < 4.78 is 12.3. The number of hydrogen-bond donors (Lipinski definition) is 0. The molecule has 3 nitrogen and oxygen atoms in total. The molecule has 2 aromatic rings. The van der Waals surface area contributed by atoms with E-state index in [0.717, 1.165) is 16.5 Å². The van der Waals surface area contributed by atoms with Crippen LogP contribution in [-0.4, -0.2) is 12.6 Å². The molecule has 0 fully saturated rings. The molecule has 0 bridgehead atoms. The summed E-state index contributed by atoms with van der Waals surface area (Å²) in [5.41, 5.74) is 1.27. The predicted molar refractivity (Wildman–Crippen MR) is 100 cm³/mol. The SMILES string of the molecule is CCCOc1ccccc1C(=O)Oc1ccc(Br)cc1C(C)(C)C. The molecule has 0 radical (unpaired) electrons. The van der Waals surface area contributed by atoms with Crippen molar-refractivity contribution in [3.05, 3.63) is 58.1 Å². The summed E-state index contributed by atoms with van der Waals surface area (Å²) in [7, 11) is 0. The Kier molecular flexibility index (Phi) is 6.05. The fourth-order valence-corrected chi connectivity index (χ4v) is 2.67. The summed E-state index contributed by atoms with van der Waals surface area (Å²) in [5, 5.41) is 0. The average molecular weight is 391 g/mol. The first-order chi connectivity index (χ1) is 11.3. The highest BCUT2D eigenvalue weighted by molar-refractivity contribution is 9.10. The Morgan fingerprint density at radius 3 is 2.46 bits per heavy atom. The third kappa shape index (κ3) is 4.60. The molecule has 0 unspecified atom stereocenters. The second-order valence-electron chi connectivity index (χ2n) is 6.62. The van der Waals surface area contributed by atoms with Gasteiger partial charge in [0.05, 0.1) is 6.61 Å². The highest BCUT2D eigenvalue weighted by Gasteiger charge is 2.22. The van der Waals surface area contributed by atoms with Gasteiger partial charge in [-0.1, -0.05) is 55.8 Å². The quantitative estimate of drug-likeness (QED) is 0.481. The van der Waals surface area contributed by atoms with E-state index in [0.29, 0.717) is 23.7 Å². The van der Waals surface area contributed by atoms with Gasteiger partial charge in [-0.15, -0.1) is 0 Å². The smallest absolute Gasteiger partial charge is 0.347 e. The third-order valence-electron chi connectivity index (χ3n) is 3.52. The van der Waals surface area contributed by atoms with Crippen molar-refractivity contribution in [3.8, 4) is 11.5 Å². The van der Waals surface area contributed by atoms with Crippen molar-refractivity contribution in [2.24, 2.45) is 0 Å². The Morgan fingerprint density at radius 1 is 1.08 bits per heavy atom. The summed E-state index contributed by atoms with van der Waals surface area (Å²) in [5.74, 6) is 0.717. The van der Waals surface area contributed by atoms with E-state index in [1.165, 1.54) is 0 Å². The standard InChI is InChI=1S/C20H23BrO3/c1-5-12-23-17-9-7-6-8-15(17)19(22)24-18-11-10-14(21)13-16(18)20(2,3)4/h6-11,13H,5,12H2,1-4H3. The van der Waals surface area contributed by atoms with Crippen LogP contribution in [0.2, 0.25) is 0 Å². The van der Waals surface area contributed by atoms with Crippen LogP contribution >= 0.6 is 15.9 Å². The van der Waals surface area contributed by atoms with Crippen molar-refractivity contribution >= 4 is 21.9 Å². The van der Waals surface area contributed by atoms with Crippen molar-refractivity contribution in [3.63, 3.8) is 0 Å². The highest BCUT2D eigenvalue weighted by atomic mass is 79.9. The number of hydrogen-bond acceptors (Lipinski definition) is 3. The molecule has 0 spiro atoms. The van der Waals surface area contributed by atoms with E-state index in [2.05, 4.69) is 36.7 Å². The van der Waals surface area contributed by atoms with Gasteiger partial charge in [-0.05, 0) is 42.2 Å². The van der Waals surface area contributed by atoms with Gasteiger partial charge in [-0.3, -0.25) is 0 Å². The number of halogens is 1. The number of rotatable bonds is 5. The first-order valence-electron chi connectivity index (χ1n) is 8.07. The second kappa shape index (κ2) is 7.84. The molecule has 0 atom stereocenters. The molecule has 4 heteroatoms. The van der Waals surface area contributed by atoms with Gasteiger partial charge in [0.2, 0.25) is 0 Å². The lowest BCUT2D eigenvalue weighted by molar-refractivity contribution is 0.0727. The van der Waals surface area contributed by atoms with Gasteiger partial charge in [-0.25, -0.2) is 4.79 Å². The molecule has 2 rings (SSSR count). The monoisotopic (exact) mass is 390 g/mol. The van der Waals surface area contributed by atoms with Crippen molar-refractivity contribution in [2.45, 2.75) is 39.5 Å². The first kappa shape index (κ1) is 18.5. The molecule has 0 saturated heterocycles. The zero-order valence-corrected chi connectivity index (χ0v) is 16.1. The maximum absolute atomic E-state index is 12.6. The largest absolute Gasteiger partial charge is 0.493 e. The van der Waals surface area contributed by atoms with E-state index in [9.17, 15) is 4.79 Å². The number of carbonyl (C=O) groups is 1. The Hall–Kier alpha value is -1.81. The van der Waals surface area contributed by atoms with Gasteiger partial charge in [-0.2, -0.15) is 0 Å². The maximum atomic E-state index is 12.6. The number of carbonyl (C=O) groups excluding carboxylic acids is 1. The fourth-order valence-electron chi connectivity index (χ4n) is 2.31. The average Bonchev–Trinajstić information content (AvgIpc) is 2.53. The topological polar surface area (TPSA) is 35.5 Å². The predicted octanol–water partition coefficient (Wildman–Crippen LogP) is 5.75. The Morgan fingerprint density at radius 2 is 1.79 bits per heavy atom. The van der Waals surface area contributed by atoms with Gasteiger partial charge in [0.1, 0.15) is 17.1 Å². The number of ether oxygens (including phenoxy) is 2. The zero-order valence-electron chi connectivity index (χ0n) is 14.6. The minimum atomic E-state index is -0.408. The van der Waals surface area contributed by atoms with Crippen LogP contribution in [0.1, 0.15) is 50.0 Å². The van der Waals surface area contributed by atoms with E-state index in [1.54, 1.807) is 12.1 Å². The van der Waals surface area contributed by atoms with Crippen LogP contribution < -0.4 is 9.47 Å². The normalized spacial score (nSPS) is 11.2. The van der Waals surface area contributed by atoms with Gasteiger partial charge in [0, 0.05) is 10.0 Å². The molecular weight excluding hydrogens is 368 g/mol. The minimum Gasteiger partial charge on any atom is -0.493 e. The Labute approximate surface area is 152 Å². The molecule has 2 aromatic carbocycles. The lowest BCUT2D eigenvalue weighted by Gasteiger charge is -2.22. The summed E-state index contributed by atoms with van der Waals surface area (Å²) in [6.07, 6.45) is 0.879. The molecule has 24 heavy (non-hydrogen) atoms. The minimum absolute atomic E-state index is 0.141. The number of para-hydroxylation sites is 1. The molecule has 0 aliphatic carbocycles. The van der Waals surface area contributed by atoms with Crippen molar-refractivity contribution < 1.29 is 14.3 Å². The zero-order chi connectivity index (χ0) is 17.7. The van der Waals surface area contributed by atoms with E-state index in [1.807, 2.05) is 37.3 Å². The van der Waals surface area contributed by atoms with E-state index in [4.69, 9.17) is 9.47 Å². The molecule has 0 N–H and O–H groups in total. The molecule has 0 saturated carbocycles. The Bertz CT molecular complexity index is 717. The van der Waals surface area contributed by atoms with Gasteiger partial charge < -0.3 is 9.47 Å². The number of benzene rings is 2. The van der Waals surface area contributed by atoms with Crippen LogP contribution in [-0.2, 0) is 5.41 Å². The second-order valence-corrected chi connectivity index (χ2v) is 7.54. The van der Waals surface area contributed by atoms with Crippen molar-refractivity contribution in [1.29, 1.82) is 0 Å². The van der Waals surface area contributed by atoms with Crippen LogP contribution in [0.4, 0.5) is 0 Å². The lowest BCUT2D eigenvalue weighted by Crippen LogP contribution is -2.17. The summed E-state index contributed by atoms with van der Waals surface area (Å²) in [4.78, 5) is 12.6. The molecule has 0 aromatic heterocycles. The summed E-state index contributed by atoms with van der Waals surface area (Å²) in [6, 6.07) is 12.8. The summed E-state index contributed by atoms with van der Waals surface area (Å²) in [6.45, 7) is 8.85. The van der Waals surface area contributed by atoms with Gasteiger partial charge >= 0.3 is 5.97 Å². The van der Waals surface area contributed by atoms with Crippen LogP contribution in [0.15, 0.2) is 46.9 Å². The molecule has 0 aliphatic heterocycles. The lowest BCUT2D eigenvalue weighted by atomic mass is 9.86. The molecule has 0 heterocycles.